The molecule has 0 bridgehead atoms. The number of hydrogen-bond donors (Lipinski definition) is 0. The van der Waals surface area contributed by atoms with Crippen molar-refractivity contribution >= 4 is 11.7 Å². The van der Waals surface area contributed by atoms with E-state index in [1.54, 1.807) is 11.0 Å². The molecule has 0 atom stereocenters. The van der Waals surface area contributed by atoms with Crippen LogP contribution in [0.5, 0.6) is 0 Å². The number of nitrogens with zero attached hydrogens (tertiary/aromatic N) is 1. The Morgan fingerprint density at radius 3 is 2.24 bits per heavy atom. The van der Waals surface area contributed by atoms with Gasteiger partial charge in [-0.15, -0.1) is 0 Å². The van der Waals surface area contributed by atoms with Crippen LogP contribution in [0.3, 0.4) is 0 Å². The molecule has 0 radical (unpaired) electrons. The Kier molecular flexibility index (Phi) is 4.88. The average molecular weight is 233 g/mol. The third kappa shape index (κ3) is 3.41. The van der Waals surface area contributed by atoms with E-state index in [1.165, 1.54) is 0 Å². The number of benzene rings is 1. The average Bonchev–Trinajstić information content (AvgIpc) is 2.31. The van der Waals surface area contributed by atoms with Crippen LogP contribution < -0.4 is 0 Å². The van der Waals surface area contributed by atoms with Gasteiger partial charge in [-0.25, -0.2) is 0 Å². The second-order valence-electron chi connectivity index (χ2n) is 3.98. The molecule has 3 heteroatoms. The minimum atomic E-state index is -0.0972. The minimum absolute atomic E-state index is 0.0352. The van der Waals surface area contributed by atoms with Crippen LogP contribution in [-0.2, 0) is 4.79 Å². The van der Waals surface area contributed by atoms with Crippen molar-refractivity contribution in [3.8, 4) is 0 Å². The van der Waals surface area contributed by atoms with Crippen molar-refractivity contribution in [2.45, 2.75) is 27.2 Å². The van der Waals surface area contributed by atoms with Crippen LogP contribution in [0.2, 0.25) is 0 Å². The van der Waals surface area contributed by atoms with E-state index in [0.717, 1.165) is 5.56 Å². The monoisotopic (exact) mass is 233 g/mol. The van der Waals surface area contributed by atoms with E-state index in [4.69, 9.17) is 0 Å². The molecule has 0 aliphatic rings. The molecule has 0 N–H and O–H groups in total. The first-order valence-electron chi connectivity index (χ1n) is 5.96. The lowest BCUT2D eigenvalue weighted by atomic mass is 10.0. The summed E-state index contributed by atoms with van der Waals surface area (Å²) < 4.78 is 0. The molecule has 1 aromatic rings. The standard InChI is InChI=1S/C14H19NO2/c1-4-15(5-2)14(17)10-13(16)12-9-7-6-8-11(12)3/h6-9H,4-5,10H2,1-3H3. The summed E-state index contributed by atoms with van der Waals surface area (Å²) in [5.41, 5.74) is 1.57. The molecule has 17 heavy (non-hydrogen) atoms. The van der Waals surface area contributed by atoms with Gasteiger partial charge in [-0.3, -0.25) is 9.59 Å². The van der Waals surface area contributed by atoms with Crippen LogP contribution in [-0.4, -0.2) is 29.7 Å². The molecule has 0 heterocycles. The molecule has 0 aromatic heterocycles. The van der Waals surface area contributed by atoms with Crippen LogP contribution >= 0.6 is 0 Å². The van der Waals surface area contributed by atoms with Crippen LogP contribution in [0.1, 0.15) is 36.2 Å². The van der Waals surface area contributed by atoms with Crippen molar-refractivity contribution in [1.29, 1.82) is 0 Å². The van der Waals surface area contributed by atoms with Crippen LogP contribution in [0.4, 0.5) is 0 Å². The number of hydrogen-bond acceptors (Lipinski definition) is 2. The number of amides is 1. The van der Waals surface area contributed by atoms with E-state index in [2.05, 4.69) is 0 Å². The van der Waals surface area contributed by atoms with Gasteiger partial charge in [0.15, 0.2) is 5.78 Å². The second-order valence-corrected chi connectivity index (χ2v) is 3.98. The molecule has 0 fully saturated rings. The smallest absolute Gasteiger partial charge is 0.230 e. The summed E-state index contributed by atoms with van der Waals surface area (Å²) in [6, 6.07) is 7.36. The van der Waals surface area contributed by atoms with Crippen molar-refractivity contribution in [1.82, 2.24) is 4.90 Å². The molecule has 0 aliphatic carbocycles. The zero-order chi connectivity index (χ0) is 12.8. The summed E-state index contributed by atoms with van der Waals surface area (Å²) in [7, 11) is 0. The molecule has 92 valence electrons. The first-order valence-corrected chi connectivity index (χ1v) is 5.96. The fourth-order valence-corrected chi connectivity index (χ4v) is 1.81. The van der Waals surface area contributed by atoms with E-state index in [0.29, 0.717) is 18.7 Å². The van der Waals surface area contributed by atoms with Crippen LogP contribution in [0.25, 0.3) is 0 Å². The highest BCUT2D eigenvalue weighted by Crippen LogP contribution is 2.10. The van der Waals surface area contributed by atoms with Gasteiger partial charge in [0.25, 0.3) is 0 Å². The summed E-state index contributed by atoms with van der Waals surface area (Å²) in [6.07, 6.45) is -0.0352. The van der Waals surface area contributed by atoms with Gasteiger partial charge in [0.1, 0.15) is 0 Å². The molecule has 0 aliphatic heterocycles. The number of ketones is 1. The molecule has 3 nitrogen and oxygen atoms in total. The lowest BCUT2D eigenvalue weighted by Gasteiger charge is -2.18. The molecule has 0 unspecified atom stereocenters. The Balaban J connectivity index is 2.73. The Morgan fingerprint density at radius 2 is 1.71 bits per heavy atom. The molecular formula is C14H19NO2. The van der Waals surface area contributed by atoms with Crippen molar-refractivity contribution in [2.24, 2.45) is 0 Å². The maximum absolute atomic E-state index is 12.0. The first kappa shape index (κ1) is 13.4. The van der Waals surface area contributed by atoms with Gasteiger partial charge in [0.2, 0.25) is 5.91 Å². The van der Waals surface area contributed by atoms with E-state index in [-0.39, 0.29) is 18.1 Å². The predicted molar refractivity (Wildman–Crippen MR) is 68.1 cm³/mol. The Hall–Kier alpha value is -1.64. The van der Waals surface area contributed by atoms with E-state index in [1.807, 2.05) is 39.0 Å². The summed E-state index contributed by atoms with van der Waals surface area (Å²) in [6.45, 7) is 7.02. The summed E-state index contributed by atoms with van der Waals surface area (Å²) in [5, 5.41) is 0. The third-order valence-electron chi connectivity index (χ3n) is 2.87. The number of Topliss-reactive ketones (excluding diaryl/α,β-unsaturated/α-hetero) is 1. The number of carbonyl (C=O) groups excluding carboxylic acids is 2. The van der Waals surface area contributed by atoms with Crippen LogP contribution in [0.15, 0.2) is 24.3 Å². The van der Waals surface area contributed by atoms with Crippen molar-refractivity contribution in [2.75, 3.05) is 13.1 Å². The van der Waals surface area contributed by atoms with Gasteiger partial charge in [-0.05, 0) is 26.3 Å². The Labute approximate surface area is 102 Å². The topological polar surface area (TPSA) is 37.4 Å². The normalized spacial score (nSPS) is 10.1. The summed E-state index contributed by atoms with van der Waals surface area (Å²) >= 11 is 0. The van der Waals surface area contributed by atoms with Gasteiger partial charge in [0.05, 0.1) is 6.42 Å². The second kappa shape index (κ2) is 6.18. The number of aryl methyl sites for hydroxylation is 1. The van der Waals surface area contributed by atoms with Gasteiger partial charge in [0, 0.05) is 18.7 Å². The predicted octanol–water partition coefficient (Wildman–Crippen LogP) is 2.44. The lowest BCUT2D eigenvalue weighted by Crippen LogP contribution is -2.32. The van der Waals surface area contributed by atoms with Crippen molar-refractivity contribution in [3.05, 3.63) is 35.4 Å². The van der Waals surface area contributed by atoms with Crippen molar-refractivity contribution < 1.29 is 9.59 Å². The Morgan fingerprint density at radius 1 is 1.12 bits per heavy atom. The quantitative estimate of drug-likeness (QED) is 0.578. The molecule has 0 saturated carbocycles. The van der Waals surface area contributed by atoms with Gasteiger partial charge in [-0.2, -0.15) is 0 Å². The highest BCUT2D eigenvalue weighted by Gasteiger charge is 2.16. The first-order chi connectivity index (χ1) is 8.10. The van der Waals surface area contributed by atoms with Gasteiger partial charge >= 0.3 is 0 Å². The molecule has 1 rings (SSSR count). The maximum atomic E-state index is 12.0. The fraction of sp³-hybridized carbons (Fsp3) is 0.429. The Bertz CT molecular complexity index is 408. The number of rotatable bonds is 5. The fourth-order valence-electron chi connectivity index (χ4n) is 1.81. The minimum Gasteiger partial charge on any atom is -0.343 e. The maximum Gasteiger partial charge on any atom is 0.230 e. The number of carbonyl (C=O) groups is 2. The highest BCUT2D eigenvalue weighted by molar-refractivity contribution is 6.08. The largest absolute Gasteiger partial charge is 0.343 e. The highest BCUT2D eigenvalue weighted by atomic mass is 16.2. The third-order valence-corrected chi connectivity index (χ3v) is 2.87. The van der Waals surface area contributed by atoms with E-state index in [9.17, 15) is 9.59 Å². The van der Waals surface area contributed by atoms with E-state index < -0.39 is 0 Å². The molecule has 0 spiro atoms. The SMILES string of the molecule is CCN(CC)C(=O)CC(=O)c1ccccc1C. The zero-order valence-electron chi connectivity index (χ0n) is 10.7. The lowest BCUT2D eigenvalue weighted by molar-refractivity contribution is -0.129. The summed E-state index contributed by atoms with van der Waals surface area (Å²) in [5.74, 6) is -0.191. The molecule has 1 amide bonds. The zero-order valence-corrected chi connectivity index (χ0v) is 10.7. The van der Waals surface area contributed by atoms with Gasteiger partial charge < -0.3 is 4.90 Å². The molecule has 0 saturated heterocycles. The van der Waals surface area contributed by atoms with Gasteiger partial charge in [-0.1, -0.05) is 24.3 Å². The molecule has 1 aromatic carbocycles. The van der Waals surface area contributed by atoms with E-state index >= 15 is 0 Å². The summed E-state index contributed by atoms with van der Waals surface area (Å²) in [4.78, 5) is 25.4. The molecular weight excluding hydrogens is 214 g/mol. The van der Waals surface area contributed by atoms with Crippen molar-refractivity contribution in [3.63, 3.8) is 0 Å². The van der Waals surface area contributed by atoms with Crippen LogP contribution in [0, 0.1) is 6.92 Å².